The van der Waals surface area contributed by atoms with E-state index in [0.717, 1.165) is 6.07 Å². The van der Waals surface area contributed by atoms with Gasteiger partial charge in [-0.05, 0) is 31.2 Å². The summed E-state index contributed by atoms with van der Waals surface area (Å²) in [6.45, 7) is 1.36. The van der Waals surface area contributed by atoms with Gasteiger partial charge < -0.3 is 14.8 Å². The van der Waals surface area contributed by atoms with E-state index in [0.29, 0.717) is 5.02 Å². The maximum Gasteiger partial charge on any atom is 0.340 e. The van der Waals surface area contributed by atoms with Gasteiger partial charge in [-0.15, -0.1) is 0 Å². The highest BCUT2D eigenvalue weighted by Crippen LogP contribution is 2.29. The van der Waals surface area contributed by atoms with Gasteiger partial charge in [-0.3, -0.25) is 14.9 Å². The molecule has 0 spiro atoms. The topological polar surface area (TPSA) is 108 Å². The van der Waals surface area contributed by atoms with Crippen LogP contribution in [0.5, 0.6) is 5.75 Å². The zero-order valence-electron chi connectivity index (χ0n) is 14.2. The van der Waals surface area contributed by atoms with Gasteiger partial charge in [0, 0.05) is 11.1 Å². The van der Waals surface area contributed by atoms with Crippen LogP contribution in [-0.2, 0) is 9.53 Å². The number of benzene rings is 2. The maximum absolute atomic E-state index is 12.3. The summed E-state index contributed by atoms with van der Waals surface area (Å²) in [5.74, 6) is -1.39. The summed E-state index contributed by atoms with van der Waals surface area (Å²) in [5.41, 5.74) is 0.0217. The van der Waals surface area contributed by atoms with Crippen LogP contribution in [0, 0.1) is 10.1 Å². The quantitative estimate of drug-likeness (QED) is 0.434. The molecule has 0 heterocycles. The minimum Gasteiger partial charge on any atom is -0.494 e. The largest absolute Gasteiger partial charge is 0.494 e. The normalized spacial score (nSPS) is 11.4. The van der Waals surface area contributed by atoms with Crippen LogP contribution in [0.3, 0.4) is 0 Å². The fourth-order valence-electron chi connectivity index (χ4n) is 2.06. The van der Waals surface area contributed by atoms with E-state index in [2.05, 4.69) is 5.32 Å². The number of hydrogen-bond acceptors (Lipinski definition) is 6. The van der Waals surface area contributed by atoms with E-state index >= 15 is 0 Å². The smallest absolute Gasteiger partial charge is 0.340 e. The number of nitrogens with zero attached hydrogens (tertiary/aromatic N) is 1. The molecule has 0 aliphatic carbocycles. The lowest BCUT2D eigenvalue weighted by atomic mass is 10.2. The van der Waals surface area contributed by atoms with Crippen LogP contribution >= 0.6 is 23.2 Å². The minimum absolute atomic E-state index is 0.0248. The van der Waals surface area contributed by atoms with E-state index in [9.17, 15) is 19.7 Å². The third-order valence-electron chi connectivity index (χ3n) is 3.46. The molecule has 0 fully saturated rings. The molecule has 10 heteroatoms. The molecule has 1 amide bonds. The van der Waals surface area contributed by atoms with Gasteiger partial charge >= 0.3 is 5.97 Å². The first kappa shape index (κ1) is 20.5. The molecule has 0 aromatic heterocycles. The molecule has 142 valence electrons. The number of carbonyl (C=O) groups excluding carboxylic acids is 2. The van der Waals surface area contributed by atoms with Gasteiger partial charge in [0.15, 0.2) is 6.10 Å². The zero-order valence-corrected chi connectivity index (χ0v) is 15.7. The summed E-state index contributed by atoms with van der Waals surface area (Å²) in [7, 11) is 1.30. The number of nitrogens with one attached hydrogen (secondary N) is 1. The van der Waals surface area contributed by atoms with Crippen molar-refractivity contribution in [2.24, 2.45) is 0 Å². The van der Waals surface area contributed by atoms with E-state index in [1.165, 1.54) is 44.4 Å². The highest BCUT2D eigenvalue weighted by atomic mass is 35.5. The lowest BCUT2D eigenvalue weighted by Crippen LogP contribution is -2.30. The van der Waals surface area contributed by atoms with Crippen molar-refractivity contribution in [3.05, 3.63) is 62.1 Å². The summed E-state index contributed by atoms with van der Waals surface area (Å²) in [4.78, 5) is 34.7. The monoisotopic (exact) mass is 412 g/mol. The molecule has 0 bridgehead atoms. The number of nitro groups is 1. The fraction of sp³-hybridized carbons (Fsp3) is 0.176. The van der Waals surface area contributed by atoms with Gasteiger partial charge in [0.1, 0.15) is 5.75 Å². The van der Waals surface area contributed by atoms with Crippen LogP contribution in [0.25, 0.3) is 0 Å². The summed E-state index contributed by atoms with van der Waals surface area (Å²) >= 11 is 11.8. The van der Waals surface area contributed by atoms with E-state index < -0.39 is 22.9 Å². The Morgan fingerprint density at radius 3 is 2.52 bits per heavy atom. The van der Waals surface area contributed by atoms with Crippen molar-refractivity contribution < 1.29 is 24.0 Å². The number of hydrogen-bond donors (Lipinski definition) is 1. The standard InChI is InChI=1S/C17H14Cl2N2O6/c1-9(27-17(23)12-7-10(18)3-5-13(12)19)16(22)20-14-6-4-11(21(24)25)8-15(14)26-2/h3-9H,1-2H3,(H,20,22)/t9-/m0/s1. The van der Waals surface area contributed by atoms with Crippen LogP contribution in [-0.4, -0.2) is 30.0 Å². The van der Waals surface area contributed by atoms with E-state index in [-0.39, 0.29) is 27.7 Å². The van der Waals surface area contributed by atoms with E-state index in [1.54, 1.807) is 0 Å². The molecule has 2 aromatic rings. The summed E-state index contributed by atoms with van der Waals surface area (Å²) in [5, 5.41) is 13.7. The van der Waals surface area contributed by atoms with Crippen LogP contribution in [0.1, 0.15) is 17.3 Å². The van der Waals surface area contributed by atoms with Gasteiger partial charge in [0.25, 0.3) is 11.6 Å². The van der Waals surface area contributed by atoms with Gasteiger partial charge in [-0.2, -0.15) is 0 Å². The average Bonchev–Trinajstić information content (AvgIpc) is 2.63. The number of nitro benzene ring substituents is 1. The van der Waals surface area contributed by atoms with Gasteiger partial charge in [-0.25, -0.2) is 4.79 Å². The molecule has 8 nitrogen and oxygen atoms in total. The highest BCUT2D eigenvalue weighted by Gasteiger charge is 2.22. The number of ether oxygens (including phenoxy) is 2. The van der Waals surface area contributed by atoms with Crippen molar-refractivity contribution in [2.75, 3.05) is 12.4 Å². The number of esters is 1. The number of amides is 1. The molecule has 0 aliphatic rings. The fourth-order valence-corrected chi connectivity index (χ4v) is 2.43. The number of carbonyl (C=O) groups is 2. The van der Waals surface area contributed by atoms with Crippen molar-refractivity contribution in [1.82, 2.24) is 0 Å². The second-order valence-corrected chi connectivity index (χ2v) is 6.15. The molecule has 1 atom stereocenters. The van der Waals surface area contributed by atoms with Gasteiger partial charge in [0.2, 0.25) is 0 Å². The molecule has 0 radical (unpaired) electrons. The SMILES string of the molecule is COc1cc([N+](=O)[O-])ccc1NC(=O)[C@H](C)OC(=O)c1cc(Cl)ccc1Cl. The first-order chi connectivity index (χ1) is 12.7. The summed E-state index contributed by atoms with van der Waals surface area (Å²) in [6, 6.07) is 7.97. The van der Waals surface area contributed by atoms with Crippen molar-refractivity contribution in [1.29, 1.82) is 0 Å². The van der Waals surface area contributed by atoms with Crippen molar-refractivity contribution in [3.8, 4) is 5.75 Å². The molecular formula is C17H14Cl2N2O6. The predicted molar refractivity (Wildman–Crippen MR) is 99.6 cm³/mol. The molecule has 2 aromatic carbocycles. The first-order valence-corrected chi connectivity index (χ1v) is 8.28. The van der Waals surface area contributed by atoms with Crippen LogP contribution < -0.4 is 10.1 Å². The first-order valence-electron chi connectivity index (χ1n) is 7.52. The lowest BCUT2D eigenvalue weighted by molar-refractivity contribution is -0.384. The molecule has 0 aliphatic heterocycles. The van der Waals surface area contributed by atoms with Crippen molar-refractivity contribution >= 4 is 46.5 Å². The third kappa shape index (κ3) is 5.08. The number of methoxy groups -OCH3 is 1. The lowest BCUT2D eigenvalue weighted by Gasteiger charge is -2.15. The summed E-state index contributed by atoms with van der Waals surface area (Å²) < 4.78 is 10.1. The van der Waals surface area contributed by atoms with Crippen LogP contribution in [0.2, 0.25) is 10.0 Å². The Balaban J connectivity index is 2.10. The Labute approximate surface area is 164 Å². The van der Waals surface area contributed by atoms with Crippen LogP contribution in [0.15, 0.2) is 36.4 Å². The predicted octanol–water partition coefficient (Wildman–Crippen LogP) is 4.09. The third-order valence-corrected chi connectivity index (χ3v) is 4.02. The molecule has 0 saturated heterocycles. The Morgan fingerprint density at radius 2 is 1.89 bits per heavy atom. The van der Waals surface area contributed by atoms with Gasteiger partial charge in [0.05, 0.1) is 34.4 Å². The number of halogens is 2. The van der Waals surface area contributed by atoms with E-state index in [1.807, 2.05) is 0 Å². The Morgan fingerprint density at radius 1 is 1.19 bits per heavy atom. The summed E-state index contributed by atoms with van der Waals surface area (Å²) in [6.07, 6.45) is -1.17. The molecule has 0 saturated carbocycles. The highest BCUT2D eigenvalue weighted by molar-refractivity contribution is 6.35. The Bertz CT molecular complexity index is 903. The van der Waals surface area contributed by atoms with E-state index in [4.69, 9.17) is 32.7 Å². The van der Waals surface area contributed by atoms with Gasteiger partial charge in [-0.1, -0.05) is 23.2 Å². The van der Waals surface area contributed by atoms with Crippen molar-refractivity contribution in [2.45, 2.75) is 13.0 Å². The second-order valence-electron chi connectivity index (χ2n) is 5.30. The van der Waals surface area contributed by atoms with Crippen molar-refractivity contribution in [3.63, 3.8) is 0 Å². The zero-order chi connectivity index (χ0) is 20.1. The number of non-ortho nitro benzene ring substituents is 1. The molecular weight excluding hydrogens is 399 g/mol. The maximum atomic E-state index is 12.3. The molecule has 27 heavy (non-hydrogen) atoms. The molecule has 2 rings (SSSR count). The molecule has 0 unspecified atom stereocenters. The molecule has 1 N–H and O–H groups in total. The Kier molecular flexibility index (Phi) is 6.59. The number of rotatable bonds is 6. The minimum atomic E-state index is -1.17. The number of anilines is 1. The second kappa shape index (κ2) is 8.70. The van der Waals surface area contributed by atoms with Crippen LogP contribution in [0.4, 0.5) is 11.4 Å². The Hall–Kier alpha value is -2.84. The average molecular weight is 413 g/mol.